The van der Waals surface area contributed by atoms with Crippen molar-refractivity contribution in [2.45, 2.75) is 23.4 Å². The van der Waals surface area contributed by atoms with Gasteiger partial charge in [0.25, 0.3) is 0 Å². The maximum atomic E-state index is 12.9. The van der Waals surface area contributed by atoms with Gasteiger partial charge in [0.15, 0.2) is 0 Å². The van der Waals surface area contributed by atoms with Gasteiger partial charge in [-0.1, -0.05) is 133 Å². The smallest absolute Gasteiger partial charge is 0.241 e. The minimum absolute atomic E-state index is 0.0110. The molecule has 1 fully saturated rings. The van der Waals surface area contributed by atoms with E-state index in [0.717, 1.165) is 23.1 Å². The van der Waals surface area contributed by atoms with Crippen LogP contribution in [0.2, 0.25) is 0 Å². The number of nitrogens with one attached hydrogen (secondary N) is 2. The van der Waals surface area contributed by atoms with Crippen molar-refractivity contribution in [3.8, 4) is 11.8 Å². The predicted molar refractivity (Wildman–Crippen MR) is 148 cm³/mol. The molecule has 1 saturated heterocycles. The highest BCUT2D eigenvalue weighted by Crippen LogP contribution is 2.38. The summed E-state index contributed by atoms with van der Waals surface area (Å²) in [7, 11) is 0. The molecule has 0 aliphatic carbocycles. The highest BCUT2D eigenvalue weighted by molar-refractivity contribution is 8.00. The third-order valence-electron chi connectivity index (χ3n) is 6.46. The van der Waals surface area contributed by atoms with Crippen LogP contribution in [-0.2, 0) is 16.8 Å². The number of hydrogen-bond acceptors (Lipinski definition) is 3. The van der Waals surface area contributed by atoms with Crippen LogP contribution in [0.5, 0.6) is 0 Å². The molecule has 2 atom stereocenters. The highest BCUT2D eigenvalue weighted by Gasteiger charge is 2.47. The summed E-state index contributed by atoms with van der Waals surface area (Å²) < 4.78 is 0. The molecule has 3 nitrogen and oxygen atoms in total. The summed E-state index contributed by atoms with van der Waals surface area (Å²) in [5.74, 6) is 7.18. The van der Waals surface area contributed by atoms with Crippen molar-refractivity contribution in [1.29, 1.82) is 0 Å². The number of rotatable bonds is 8. The molecule has 4 aromatic carbocycles. The summed E-state index contributed by atoms with van der Waals surface area (Å²) in [6, 6.07) is 41.0. The minimum Gasteiger partial charge on any atom is -0.341 e. The number of hydrogen-bond donors (Lipinski definition) is 2. The number of benzene rings is 4. The van der Waals surface area contributed by atoms with E-state index in [1.54, 1.807) is 11.8 Å². The van der Waals surface area contributed by atoms with Gasteiger partial charge in [-0.3, -0.25) is 10.1 Å². The minimum atomic E-state index is -0.677. The Bertz CT molecular complexity index is 1240. The molecule has 1 aliphatic heterocycles. The molecule has 36 heavy (non-hydrogen) atoms. The predicted octanol–water partition coefficient (Wildman–Crippen LogP) is 5.37. The summed E-state index contributed by atoms with van der Waals surface area (Å²) >= 11 is 1.67. The second-order valence-corrected chi connectivity index (χ2v) is 9.86. The molecule has 0 radical (unpaired) electrons. The summed E-state index contributed by atoms with van der Waals surface area (Å²) in [5, 5.41) is 6.82. The van der Waals surface area contributed by atoms with Gasteiger partial charge < -0.3 is 5.32 Å². The molecule has 0 saturated carbocycles. The molecular formula is C32H28N2OS. The average Bonchev–Trinajstić information content (AvgIpc) is 2.95. The molecule has 1 heterocycles. The van der Waals surface area contributed by atoms with Crippen molar-refractivity contribution in [3.63, 3.8) is 0 Å². The lowest BCUT2D eigenvalue weighted by atomic mass is 9.76. The summed E-state index contributed by atoms with van der Waals surface area (Å²) in [6.07, 6.45) is 0.735. The van der Waals surface area contributed by atoms with Crippen molar-refractivity contribution in [1.82, 2.24) is 10.6 Å². The first-order chi connectivity index (χ1) is 17.8. The topological polar surface area (TPSA) is 41.1 Å². The lowest BCUT2D eigenvalue weighted by Crippen LogP contribution is -2.70. The number of carbonyl (C=O) groups is 1. The molecule has 4 heteroatoms. The SMILES string of the molecule is O=C1NC(SCC#CCc2ccccc2)C1NC(c1ccccc1)(c1ccccc1)c1ccccc1. The molecule has 1 aliphatic rings. The maximum absolute atomic E-state index is 12.9. The van der Waals surface area contributed by atoms with Gasteiger partial charge in [0.2, 0.25) is 5.91 Å². The Balaban J connectivity index is 1.41. The summed E-state index contributed by atoms with van der Waals surface area (Å²) in [4.78, 5) is 12.9. The fourth-order valence-electron chi connectivity index (χ4n) is 4.62. The Kier molecular flexibility index (Phi) is 7.52. The van der Waals surface area contributed by atoms with E-state index < -0.39 is 5.54 Å². The van der Waals surface area contributed by atoms with Crippen LogP contribution in [0.4, 0.5) is 0 Å². The van der Waals surface area contributed by atoms with E-state index in [4.69, 9.17) is 0 Å². The van der Waals surface area contributed by atoms with Crippen LogP contribution in [0.15, 0.2) is 121 Å². The fourth-order valence-corrected chi connectivity index (χ4v) is 5.57. The zero-order valence-electron chi connectivity index (χ0n) is 19.9. The lowest BCUT2D eigenvalue weighted by molar-refractivity contribution is -0.129. The third kappa shape index (κ3) is 5.09. The van der Waals surface area contributed by atoms with Crippen LogP contribution in [0.1, 0.15) is 22.3 Å². The van der Waals surface area contributed by atoms with Gasteiger partial charge in [-0.15, -0.1) is 11.8 Å². The van der Waals surface area contributed by atoms with Crippen molar-refractivity contribution < 1.29 is 4.79 Å². The standard InChI is InChI=1S/C32H28N2OS/c35-30-29(31(33-30)36-24-14-13-17-25-15-5-1-6-16-25)34-32(26-18-7-2-8-19-26,27-20-9-3-10-21-27)28-22-11-4-12-23-28/h1-12,15-16,18-23,29,31,34H,17,24H2,(H,33,35). The Labute approximate surface area is 217 Å². The highest BCUT2D eigenvalue weighted by atomic mass is 32.2. The van der Waals surface area contributed by atoms with Crippen molar-refractivity contribution in [3.05, 3.63) is 144 Å². The number of amides is 1. The van der Waals surface area contributed by atoms with Crippen LogP contribution < -0.4 is 10.6 Å². The quantitative estimate of drug-likeness (QED) is 0.199. The van der Waals surface area contributed by atoms with Crippen molar-refractivity contribution >= 4 is 17.7 Å². The Morgan fingerprint density at radius 2 is 1.17 bits per heavy atom. The van der Waals surface area contributed by atoms with E-state index in [0.29, 0.717) is 5.75 Å². The molecule has 178 valence electrons. The molecule has 1 amide bonds. The van der Waals surface area contributed by atoms with E-state index >= 15 is 0 Å². The summed E-state index contributed by atoms with van der Waals surface area (Å²) in [6.45, 7) is 0. The molecule has 4 aromatic rings. The van der Waals surface area contributed by atoms with Crippen LogP contribution in [-0.4, -0.2) is 23.1 Å². The lowest BCUT2D eigenvalue weighted by Gasteiger charge is -2.45. The maximum Gasteiger partial charge on any atom is 0.241 e. The molecule has 2 N–H and O–H groups in total. The monoisotopic (exact) mass is 488 g/mol. The molecule has 2 unspecified atom stereocenters. The average molecular weight is 489 g/mol. The Morgan fingerprint density at radius 3 is 1.64 bits per heavy atom. The van der Waals surface area contributed by atoms with Gasteiger partial charge in [0.1, 0.15) is 11.4 Å². The van der Waals surface area contributed by atoms with Crippen molar-refractivity contribution in [2.75, 3.05) is 5.75 Å². The first-order valence-electron chi connectivity index (χ1n) is 12.1. The van der Waals surface area contributed by atoms with Gasteiger partial charge in [0, 0.05) is 6.42 Å². The van der Waals surface area contributed by atoms with Gasteiger partial charge in [0.05, 0.1) is 11.3 Å². The fraction of sp³-hybridized carbons (Fsp3) is 0.156. The number of carbonyl (C=O) groups excluding carboxylic acids is 1. The largest absolute Gasteiger partial charge is 0.341 e. The normalized spacial score (nSPS) is 16.8. The van der Waals surface area contributed by atoms with E-state index in [1.807, 2.05) is 72.8 Å². The van der Waals surface area contributed by atoms with Gasteiger partial charge in [-0.25, -0.2) is 0 Å². The molecule has 0 bridgehead atoms. The van der Waals surface area contributed by atoms with E-state index in [9.17, 15) is 4.79 Å². The molecule has 5 rings (SSSR count). The van der Waals surface area contributed by atoms with E-state index in [2.05, 4.69) is 71.0 Å². The Morgan fingerprint density at radius 1 is 0.694 bits per heavy atom. The molecule has 0 spiro atoms. The van der Waals surface area contributed by atoms with E-state index in [1.165, 1.54) is 5.56 Å². The number of β-lactam (4-membered cyclic amide) rings is 1. The Hall–Kier alpha value is -3.78. The first kappa shape index (κ1) is 23.9. The van der Waals surface area contributed by atoms with Gasteiger partial charge in [-0.05, 0) is 22.3 Å². The third-order valence-corrected chi connectivity index (χ3v) is 7.52. The van der Waals surface area contributed by atoms with Gasteiger partial charge in [-0.2, -0.15) is 0 Å². The second kappa shape index (κ2) is 11.3. The van der Waals surface area contributed by atoms with Crippen molar-refractivity contribution in [2.24, 2.45) is 0 Å². The van der Waals surface area contributed by atoms with Crippen LogP contribution in [0, 0.1) is 11.8 Å². The zero-order valence-corrected chi connectivity index (χ0v) is 20.7. The second-order valence-electron chi connectivity index (χ2n) is 8.73. The van der Waals surface area contributed by atoms with Crippen LogP contribution in [0.3, 0.4) is 0 Å². The first-order valence-corrected chi connectivity index (χ1v) is 13.2. The molecular weight excluding hydrogens is 460 g/mol. The van der Waals surface area contributed by atoms with E-state index in [-0.39, 0.29) is 17.3 Å². The summed E-state index contributed by atoms with van der Waals surface area (Å²) in [5.41, 5.74) is 3.81. The van der Waals surface area contributed by atoms with Crippen LogP contribution in [0.25, 0.3) is 0 Å². The zero-order chi connectivity index (χ0) is 24.6. The molecule has 0 aromatic heterocycles. The van der Waals surface area contributed by atoms with Gasteiger partial charge >= 0.3 is 0 Å². The number of thioether (sulfide) groups is 1. The van der Waals surface area contributed by atoms with Crippen LogP contribution >= 0.6 is 11.8 Å².